The van der Waals surface area contributed by atoms with Crippen molar-refractivity contribution in [2.75, 3.05) is 0 Å². The van der Waals surface area contributed by atoms with E-state index < -0.39 is 0 Å². The molecule has 0 aliphatic carbocycles. The van der Waals surface area contributed by atoms with E-state index in [9.17, 15) is 9.59 Å². The molecule has 0 unspecified atom stereocenters. The summed E-state index contributed by atoms with van der Waals surface area (Å²) in [7, 11) is 1.53. The Kier molecular flexibility index (Phi) is 3.75. The molecule has 4 nitrogen and oxygen atoms in total. The number of allylic oxidation sites excluding steroid dienone is 1. The van der Waals surface area contributed by atoms with Crippen LogP contribution < -0.4 is 11.2 Å². The van der Waals surface area contributed by atoms with E-state index in [2.05, 4.69) is 20.4 Å². The highest BCUT2D eigenvalue weighted by molar-refractivity contribution is 7.17. The minimum Gasteiger partial charge on any atom is -0.280 e. The molecule has 0 saturated heterocycles. The summed E-state index contributed by atoms with van der Waals surface area (Å²) in [6, 6.07) is 0. The van der Waals surface area contributed by atoms with Crippen molar-refractivity contribution >= 4 is 21.6 Å². The number of thiophene rings is 1. The van der Waals surface area contributed by atoms with E-state index in [1.54, 1.807) is 10.6 Å². The van der Waals surface area contributed by atoms with Crippen LogP contribution in [0.1, 0.15) is 19.4 Å². The standard InChI is InChI=1S/C14H18N2O2S/c1-5-6-16-13-11(12(17)15(4)14(16)18)10(8-19-13)7-9(2)3/h5,8-9H,1,6-7H2,2-4H3. The Balaban J connectivity index is 2.84. The van der Waals surface area contributed by atoms with Gasteiger partial charge in [0.2, 0.25) is 0 Å². The Morgan fingerprint density at radius 1 is 1.42 bits per heavy atom. The van der Waals surface area contributed by atoms with Crippen LogP contribution in [0.25, 0.3) is 10.2 Å². The lowest BCUT2D eigenvalue weighted by atomic mass is 10.0. The van der Waals surface area contributed by atoms with Gasteiger partial charge in [0.25, 0.3) is 5.56 Å². The smallest absolute Gasteiger partial charge is 0.280 e. The van der Waals surface area contributed by atoms with Crippen LogP contribution in [-0.2, 0) is 20.0 Å². The Morgan fingerprint density at radius 3 is 2.68 bits per heavy atom. The third-order valence-corrected chi connectivity index (χ3v) is 4.12. The molecule has 0 aliphatic rings. The minimum absolute atomic E-state index is 0.197. The molecular weight excluding hydrogens is 260 g/mol. The molecule has 2 aromatic heterocycles. The van der Waals surface area contributed by atoms with E-state index in [4.69, 9.17) is 0 Å². The quantitative estimate of drug-likeness (QED) is 0.804. The third kappa shape index (κ3) is 2.30. The number of fused-ring (bicyclic) bond motifs is 1. The molecule has 102 valence electrons. The van der Waals surface area contributed by atoms with Gasteiger partial charge in [0.05, 0.1) is 5.39 Å². The predicted molar refractivity (Wildman–Crippen MR) is 80.1 cm³/mol. The molecule has 0 spiro atoms. The lowest BCUT2D eigenvalue weighted by Gasteiger charge is -2.08. The van der Waals surface area contributed by atoms with E-state index in [1.165, 1.54) is 23.0 Å². The van der Waals surface area contributed by atoms with Crippen LogP contribution in [0.15, 0.2) is 27.6 Å². The van der Waals surface area contributed by atoms with Crippen molar-refractivity contribution in [3.05, 3.63) is 44.4 Å². The lowest BCUT2D eigenvalue weighted by Crippen LogP contribution is -2.37. The fourth-order valence-corrected chi connectivity index (χ4v) is 3.30. The van der Waals surface area contributed by atoms with Crippen LogP contribution in [-0.4, -0.2) is 9.13 Å². The molecule has 0 aromatic carbocycles. The summed E-state index contributed by atoms with van der Waals surface area (Å²) >= 11 is 1.46. The Hall–Kier alpha value is -1.62. The normalized spacial score (nSPS) is 11.4. The van der Waals surface area contributed by atoms with Gasteiger partial charge >= 0.3 is 5.69 Å². The topological polar surface area (TPSA) is 44.0 Å². The summed E-state index contributed by atoms with van der Waals surface area (Å²) in [6.45, 7) is 8.33. The van der Waals surface area contributed by atoms with Gasteiger partial charge in [-0.2, -0.15) is 0 Å². The first kappa shape index (κ1) is 13.8. The molecule has 5 heteroatoms. The van der Waals surface area contributed by atoms with Crippen LogP contribution in [0, 0.1) is 5.92 Å². The zero-order chi connectivity index (χ0) is 14.2. The van der Waals surface area contributed by atoms with Crippen molar-refractivity contribution in [1.29, 1.82) is 0 Å². The highest BCUT2D eigenvalue weighted by Crippen LogP contribution is 2.24. The summed E-state index contributed by atoms with van der Waals surface area (Å²) in [5.74, 6) is 0.474. The summed E-state index contributed by atoms with van der Waals surface area (Å²) in [6.07, 6.45) is 2.52. The van der Waals surface area contributed by atoms with Gasteiger partial charge in [-0.3, -0.25) is 13.9 Å². The molecule has 0 amide bonds. The first-order chi connectivity index (χ1) is 8.97. The molecule has 0 radical (unpaired) electrons. The highest BCUT2D eigenvalue weighted by atomic mass is 32.1. The molecule has 0 fully saturated rings. The van der Waals surface area contributed by atoms with Gasteiger partial charge in [0, 0.05) is 13.6 Å². The maximum Gasteiger partial charge on any atom is 0.332 e. The number of rotatable bonds is 4. The van der Waals surface area contributed by atoms with Crippen LogP contribution >= 0.6 is 11.3 Å². The molecule has 2 heterocycles. The fourth-order valence-electron chi connectivity index (χ4n) is 2.21. The summed E-state index contributed by atoms with van der Waals surface area (Å²) in [5, 5.41) is 2.67. The highest BCUT2D eigenvalue weighted by Gasteiger charge is 2.16. The summed E-state index contributed by atoms with van der Waals surface area (Å²) in [4.78, 5) is 25.2. The molecule has 0 N–H and O–H groups in total. The zero-order valence-corrected chi connectivity index (χ0v) is 12.3. The Morgan fingerprint density at radius 2 is 2.11 bits per heavy atom. The molecule has 19 heavy (non-hydrogen) atoms. The molecule has 0 atom stereocenters. The van der Waals surface area contributed by atoms with Crippen molar-refractivity contribution in [3.8, 4) is 0 Å². The van der Waals surface area contributed by atoms with Crippen molar-refractivity contribution in [1.82, 2.24) is 9.13 Å². The van der Waals surface area contributed by atoms with Crippen molar-refractivity contribution in [2.45, 2.75) is 26.8 Å². The van der Waals surface area contributed by atoms with Crippen LogP contribution in [0.3, 0.4) is 0 Å². The van der Waals surface area contributed by atoms with E-state index in [1.807, 2.05) is 5.38 Å². The van der Waals surface area contributed by atoms with E-state index in [0.29, 0.717) is 17.8 Å². The van der Waals surface area contributed by atoms with Crippen LogP contribution in [0.2, 0.25) is 0 Å². The molecule has 0 aliphatic heterocycles. The maximum absolute atomic E-state index is 12.3. The number of hydrogen-bond acceptors (Lipinski definition) is 3. The van der Waals surface area contributed by atoms with Gasteiger partial charge in [-0.1, -0.05) is 19.9 Å². The average molecular weight is 278 g/mol. The SMILES string of the molecule is C=CCn1c(=O)n(C)c(=O)c2c(CC(C)C)csc21. The van der Waals surface area contributed by atoms with Crippen LogP contribution in [0.5, 0.6) is 0 Å². The first-order valence-electron chi connectivity index (χ1n) is 6.28. The molecule has 0 saturated carbocycles. The van der Waals surface area contributed by atoms with Gasteiger partial charge in [-0.25, -0.2) is 4.79 Å². The van der Waals surface area contributed by atoms with Gasteiger partial charge in [-0.15, -0.1) is 17.9 Å². The molecular formula is C14H18N2O2S. The third-order valence-electron chi connectivity index (χ3n) is 3.07. The number of nitrogens with zero attached hydrogens (tertiary/aromatic N) is 2. The van der Waals surface area contributed by atoms with Gasteiger partial charge in [0.1, 0.15) is 4.83 Å². The predicted octanol–water partition coefficient (Wildman–Crippen LogP) is 2.15. The largest absolute Gasteiger partial charge is 0.332 e. The Bertz CT molecular complexity index is 734. The molecule has 0 bridgehead atoms. The van der Waals surface area contributed by atoms with Gasteiger partial charge < -0.3 is 0 Å². The van der Waals surface area contributed by atoms with Gasteiger partial charge in [-0.05, 0) is 23.3 Å². The monoisotopic (exact) mass is 278 g/mol. The maximum atomic E-state index is 12.3. The van der Waals surface area contributed by atoms with E-state index in [0.717, 1.165) is 16.8 Å². The summed E-state index contributed by atoms with van der Waals surface area (Å²) in [5.41, 5.74) is 0.556. The number of hydrogen-bond donors (Lipinski definition) is 0. The van der Waals surface area contributed by atoms with Crippen molar-refractivity contribution < 1.29 is 0 Å². The molecule has 2 aromatic rings. The van der Waals surface area contributed by atoms with E-state index in [-0.39, 0.29) is 11.2 Å². The van der Waals surface area contributed by atoms with Gasteiger partial charge in [0.15, 0.2) is 0 Å². The van der Waals surface area contributed by atoms with Crippen molar-refractivity contribution in [2.24, 2.45) is 13.0 Å². The minimum atomic E-state index is -0.282. The van der Waals surface area contributed by atoms with Crippen molar-refractivity contribution in [3.63, 3.8) is 0 Å². The average Bonchev–Trinajstić information content (AvgIpc) is 2.75. The fraction of sp³-hybridized carbons (Fsp3) is 0.429. The van der Waals surface area contributed by atoms with Crippen LogP contribution in [0.4, 0.5) is 0 Å². The number of aromatic nitrogens is 2. The Labute approximate surface area is 115 Å². The first-order valence-corrected chi connectivity index (χ1v) is 7.16. The second-order valence-electron chi connectivity index (χ2n) is 5.09. The van der Waals surface area contributed by atoms with E-state index >= 15 is 0 Å². The summed E-state index contributed by atoms with van der Waals surface area (Å²) < 4.78 is 2.79. The second-order valence-corrected chi connectivity index (χ2v) is 5.94. The lowest BCUT2D eigenvalue weighted by molar-refractivity contribution is 0.648. The molecule has 2 rings (SSSR count). The zero-order valence-electron chi connectivity index (χ0n) is 11.5. The second kappa shape index (κ2) is 5.17.